The highest BCUT2D eigenvalue weighted by molar-refractivity contribution is 5.94. The number of rotatable bonds is 5. The van der Waals surface area contributed by atoms with Gasteiger partial charge in [-0.15, -0.1) is 0 Å². The van der Waals surface area contributed by atoms with Crippen molar-refractivity contribution in [1.82, 2.24) is 15.3 Å². The van der Waals surface area contributed by atoms with E-state index in [1.165, 1.54) is 0 Å². The second-order valence-corrected chi connectivity index (χ2v) is 5.87. The molecule has 0 saturated heterocycles. The van der Waals surface area contributed by atoms with Crippen molar-refractivity contribution in [3.8, 4) is 11.3 Å². The third-order valence-corrected chi connectivity index (χ3v) is 3.93. The summed E-state index contributed by atoms with van der Waals surface area (Å²) in [6, 6.07) is 15.2. The summed E-state index contributed by atoms with van der Waals surface area (Å²) in [6.45, 7) is 0.416. The molecule has 0 saturated carbocycles. The van der Waals surface area contributed by atoms with Crippen LogP contribution in [0.3, 0.4) is 0 Å². The third kappa shape index (κ3) is 4.01. The second kappa shape index (κ2) is 7.57. The van der Waals surface area contributed by atoms with Crippen LogP contribution in [0.2, 0.25) is 0 Å². The van der Waals surface area contributed by atoms with E-state index in [-0.39, 0.29) is 5.91 Å². The maximum absolute atomic E-state index is 12.4. The van der Waals surface area contributed by atoms with Crippen molar-refractivity contribution in [3.63, 3.8) is 0 Å². The van der Waals surface area contributed by atoms with E-state index in [2.05, 4.69) is 15.3 Å². The molecule has 0 aliphatic heterocycles. The van der Waals surface area contributed by atoms with Crippen molar-refractivity contribution >= 4 is 11.6 Å². The third-order valence-electron chi connectivity index (χ3n) is 3.93. The van der Waals surface area contributed by atoms with Crippen molar-refractivity contribution in [3.05, 3.63) is 78.2 Å². The number of pyridine rings is 2. The Morgan fingerprint density at radius 2 is 1.72 bits per heavy atom. The van der Waals surface area contributed by atoms with Crippen molar-refractivity contribution in [1.29, 1.82) is 0 Å². The first-order valence-corrected chi connectivity index (χ1v) is 8.05. The zero-order valence-corrected chi connectivity index (χ0v) is 14.3. The highest BCUT2D eigenvalue weighted by Crippen LogP contribution is 2.20. The molecule has 0 aliphatic rings. The number of carbonyl (C=O) groups is 1. The largest absolute Gasteiger partial charge is 0.378 e. The van der Waals surface area contributed by atoms with Gasteiger partial charge in [0.05, 0.1) is 5.69 Å². The number of hydrogen-bond acceptors (Lipinski definition) is 4. The molecule has 0 spiro atoms. The molecule has 0 bridgehead atoms. The maximum Gasteiger partial charge on any atom is 0.251 e. The van der Waals surface area contributed by atoms with Crippen LogP contribution in [0, 0.1) is 0 Å². The summed E-state index contributed by atoms with van der Waals surface area (Å²) in [5.41, 5.74) is 4.50. The van der Waals surface area contributed by atoms with Crippen LogP contribution < -0.4 is 10.2 Å². The monoisotopic (exact) mass is 332 g/mol. The van der Waals surface area contributed by atoms with Gasteiger partial charge in [-0.1, -0.05) is 6.07 Å². The molecule has 0 unspecified atom stereocenters. The van der Waals surface area contributed by atoms with E-state index in [1.54, 1.807) is 18.6 Å². The minimum Gasteiger partial charge on any atom is -0.378 e. The van der Waals surface area contributed by atoms with Gasteiger partial charge in [0, 0.05) is 56.0 Å². The van der Waals surface area contributed by atoms with Gasteiger partial charge in [0.1, 0.15) is 0 Å². The van der Waals surface area contributed by atoms with Gasteiger partial charge in [0.25, 0.3) is 5.91 Å². The standard InChI is InChI=1S/C20H20N4O/c1-24(2)18-7-5-16(6-8-18)20(25)23-14-17-4-3-11-22-19(17)15-9-12-21-13-10-15/h3-13H,14H2,1-2H3,(H,23,25). The Balaban J connectivity index is 1.73. The van der Waals surface area contributed by atoms with Gasteiger partial charge in [0.15, 0.2) is 0 Å². The Hall–Kier alpha value is -3.21. The molecule has 5 nitrogen and oxygen atoms in total. The fourth-order valence-electron chi connectivity index (χ4n) is 2.54. The van der Waals surface area contributed by atoms with Crippen LogP contribution in [0.25, 0.3) is 11.3 Å². The van der Waals surface area contributed by atoms with E-state index in [0.717, 1.165) is 22.5 Å². The van der Waals surface area contributed by atoms with Crippen molar-refractivity contribution in [2.24, 2.45) is 0 Å². The minimum absolute atomic E-state index is 0.102. The lowest BCUT2D eigenvalue weighted by Crippen LogP contribution is -2.23. The van der Waals surface area contributed by atoms with Crippen molar-refractivity contribution in [2.75, 3.05) is 19.0 Å². The van der Waals surface area contributed by atoms with E-state index in [4.69, 9.17) is 0 Å². The lowest BCUT2D eigenvalue weighted by Gasteiger charge is -2.13. The van der Waals surface area contributed by atoms with E-state index < -0.39 is 0 Å². The normalized spacial score (nSPS) is 10.3. The van der Waals surface area contributed by atoms with Gasteiger partial charge < -0.3 is 10.2 Å². The Labute approximate surface area is 147 Å². The number of carbonyl (C=O) groups excluding carboxylic acids is 1. The molecule has 0 fully saturated rings. The SMILES string of the molecule is CN(C)c1ccc(C(=O)NCc2cccnc2-c2ccncc2)cc1. The number of hydrogen-bond donors (Lipinski definition) is 1. The summed E-state index contributed by atoms with van der Waals surface area (Å²) < 4.78 is 0. The lowest BCUT2D eigenvalue weighted by atomic mass is 10.1. The van der Waals surface area contributed by atoms with Crippen LogP contribution in [0.5, 0.6) is 0 Å². The summed E-state index contributed by atoms with van der Waals surface area (Å²) in [7, 11) is 3.94. The van der Waals surface area contributed by atoms with E-state index >= 15 is 0 Å². The highest BCUT2D eigenvalue weighted by atomic mass is 16.1. The first-order chi connectivity index (χ1) is 12.1. The summed E-state index contributed by atoms with van der Waals surface area (Å²) in [5, 5.41) is 2.97. The Kier molecular flexibility index (Phi) is 5.04. The summed E-state index contributed by atoms with van der Waals surface area (Å²) in [4.78, 5) is 22.9. The van der Waals surface area contributed by atoms with Crippen LogP contribution in [0.4, 0.5) is 5.69 Å². The molecule has 3 aromatic rings. The lowest BCUT2D eigenvalue weighted by molar-refractivity contribution is 0.0951. The zero-order valence-electron chi connectivity index (χ0n) is 14.3. The quantitative estimate of drug-likeness (QED) is 0.780. The molecule has 25 heavy (non-hydrogen) atoms. The van der Waals surface area contributed by atoms with Crippen LogP contribution in [0.1, 0.15) is 15.9 Å². The topological polar surface area (TPSA) is 58.1 Å². The Bertz CT molecular complexity index is 845. The van der Waals surface area contributed by atoms with Gasteiger partial charge in [-0.2, -0.15) is 0 Å². The van der Waals surface area contributed by atoms with Gasteiger partial charge in [-0.05, 0) is 48.0 Å². The first kappa shape index (κ1) is 16.6. The minimum atomic E-state index is -0.102. The van der Waals surface area contributed by atoms with E-state index in [9.17, 15) is 4.79 Å². The average molecular weight is 332 g/mol. The summed E-state index contributed by atoms with van der Waals surface area (Å²) >= 11 is 0. The van der Waals surface area contributed by atoms with E-state index in [1.807, 2.05) is 67.5 Å². The van der Waals surface area contributed by atoms with Crippen LogP contribution in [-0.2, 0) is 6.54 Å². The van der Waals surface area contributed by atoms with Gasteiger partial charge in [0.2, 0.25) is 0 Å². The fraction of sp³-hybridized carbons (Fsp3) is 0.150. The number of aromatic nitrogens is 2. The van der Waals surface area contributed by atoms with Crippen molar-refractivity contribution < 1.29 is 4.79 Å². The van der Waals surface area contributed by atoms with Crippen LogP contribution in [0.15, 0.2) is 67.1 Å². The molecule has 126 valence electrons. The average Bonchev–Trinajstić information content (AvgIpc) is 2.67. The smallest absolute Gasteiger partial charge is 0.251 e. The van der Waals surface area contributed by atoms with Gasteiger partial charge in [-0.25, -0.2) is 0 Å². The van der Waals surface area contributed by atoms with Gasteiger partial charge >= 0.3 is 0 Å². The Morgan fingerprint density at radius 1 is 1.00 bits per heavy atom. The van der Waals surface area contributed by atoms with Crippen LogP contribution >= 0.6 is 0 Å². The van der Waals surface area contributed by atoms with Crippen LogP contribution in [-0.4, -0.2) is 30.0 Å². The molecule has 0 aliphatic carbocycles. The number of benzene rings is 1. The molecule has 0 atom stereocenters. The van der Waals surface area contributed by atoms with Gasteiger partial charge in [-0.3, -0.25) is 14.8 Å². The van der Waals surface area contributed by atoms with Crippen molar-refractivity contribution in [2.45, 2.75) is 6.54 Å². The molecule has 0 radical (unpaired) electrons. The number of nitrogens with one attached hydrogen (secondary N) is 1. The predicted molar refractivity (Wildman–Crippen MR) is 99.4 cm³/mol. The molecule has 1 amide bonds. The predicted octanol–water partition coefficient (Wildman–Crippen LogP) is 3.14. The number of amides is 1. The molecule has 2 heterocycles. The molecule has 5 heteroatoms. The second-order valence-electron chi connectivity index (χ2n) is 5.87. The molecule has 3 rings (SSSR count). The number of nitrogens with zero attached hydrogens (tertiary/aromatic N) is 3. The maximum atomic E-state index is 12.4. The molecular weight excluding hydrogens is 312 g/mol. The molecular formula is C20H20N4O. The number of anilines is 1. The summed E-state index contributed by atoms with van der Waals surface area (Å²) in [5.74, 6) is -0.102. The first-order valence-electron chi connectivity index (χ1n) is 8.05. The highest BCUT2D eigenvalue weighted by Gasteiger charge is 2.09. The molecule has 2 aromatic heterocycles. The zero-order chi connectivity index (χ0) is 17.6. The van der Waals surface area contributed by atoms with E-state index in [0.29, 0.717) is 12.1 Å². The fourth-order valence-corrected chi connectivity index (χ4v) is 2.54. The molecule has 1 aromatic carbocycles. The summed E-state index contributed by atoms with van der Waals surface area (Å²) in [6.07, 6.45) is 5.22. The Morgan fingerprint density at radius 3 is 2.40 bits per heavy atom. The molecule has 1 N–H and O–H groups in total.